The Morgan fingerprint density at radius 2 is 2.21 bits per heavy atom. The van der Waals surface area contributed by atoms with E-state index in [1.165, 1.54) is 0 Å². The van der Waals surface area contributed by atoms with Crippen molar-refractivity contribution in [2.24, 2.45) is 0 Å². The number of nitrogens with one attached hydrogen (secondary N) is 2. The third kappa shape index (κ3) is 6.84. The van der Waals surface area contributed by atoms with Crippen LogP contribution in [0.25, 0.3) is 0 Å². The number of aliphatic hydroxyl groups is 1. The molecule has 0 fully saturated rings. The van der Waals surface area contributed by atoms with Crippen LogP contribution < -0.4 is 10.6 Å². The number of anilines is 1. The van der Waals surface area contributed by atoms with Crippen molar-refractivity contribution in [3.8, 4) is 0 Å². The second-order valence-electron chi connectivity index (χ2n) is 4.03. The van der Waals surface area contributed by atoms with Crippen molar-refractivity contribution < 1.29 is 9.90 Å². The number of benzene rings is 1. The van der Waals surface area contributed by atoms with E-state index in [0.29, 0.717) is 6.54 Å². The Kier molecular flexibility index (Phi) is 7.93. The summed E-state index contributed by atoms with van der Waals surface area (Å²) in [6, 6.07) is 5.58. The monoisotopic (exact) mass is 346 g/mol. The molecule has 0 aromatic heterocycles. The molecule has 0 spiro atoms. The average Bonchev–Trinajstić information content (AvgIpc) is 2.38. The maximum Gasteiger partial charge on any atom is 0.319 e. The van der Waals surface area contributed by atoms with E-state index in [0.717, 1.165) is 33.7 Å². The number of urea groups is 1. The van der Waals surface area contributed by atoms with Gasteiger partial charge in [-0.25, -0.2) is 4.79 Å². The highest BCUT2D eigenvalue weighted by Gasteiger charge is 2.04. The van der Waals surface area contributed by atoms with E-state index < -0.39 is 0 Å². The van der Waals surface area contributed by atoms with Gasteiger partial charge in [-0.2, -0.15) is 11.8 Å². The molecule has 0 saturated carbocycles. The topological polar surface area (TPSA) is 61.4 Å². The average molecular weight is 347 g/mol. The van der Waals surface area contributed by atoms with Crippen molar-refractivity contribution in [2.45, 2.75) is 13.3 Å². The van der Waals surface area contributed by atoms with E-state index in [1.807, 2.05) is 25.1 Å². The molecular weight excluding hydrogens is 328 g/mol. The number of halogens is 1. The molecule has 0 radical (unpaired) electrons. The Morgan fingerprint density at radius 1 is 1.42 bits per heavy atom. The minimum absolute atomic E-state index is 0.191. The van der Waals surface area contributed by atoms with Crippen LogP contribution in [-0.2, 0) is 0 Å². The minimum Gasteiger partial charge on any atom is -0.396 e. The van der Waals surface area contributed by atoms with E-state index in [-0.39, 0.29) is 12.6 Å². The molecular formula is C13H19BrN2O2S. The molecule has 0 aliphatic carbocycles. The lowest BCUT2D eigenvalue weighted by Gasteiger charge is -2.10. The molecule has 0 bridgehead atoms. The second-order valence-corrected chi connectivity index (χ2v) is 6.17. The zero-order valence-corrected chi connectivity index (χ0v) is 13.3. The number of thioether (sulfide) groups is 1. The summed E-state index contributed by atoms with van der Waals surface area (Å²) >= 11 is 5.10. The van der Waals surface area contributed by atoms with Crippen molar-refractivity contribution in [3.63, 3.8) is 0 Å². The van der Waals surface area contributed by atoms with Gasteiger partial charge in [0.15, 0.2) is 0 Å². The van der Waals surface area contributed by atoms with E-state index in [2.05, 4.69) is 26.6 Å². The first kappa shape index (κ1) is 16.3. The first-order chi connectivity index (χ1) is 9.13. The molecule has 106 valence electrons. The number of carbonyl (C=O) groups is 1. The zero-order chi connectivity index (χ0) is 14.1. The van der Waals surface area contributed by atoms with Gasteiger partial charge >= 0.3 is 6.03 Å². The fourth-order valence-corrected chi connectivity index (χ4v) is 2.55. The summed E-state index contributed by atoms with van der Waals surface area (Å²) in [7, 11) is 0. The standard InChI is InChI=1S/C13H19BrN2O2S/c1-10-3-4-11(14)9-12(10)16-13(18)15-5-8-19-7-2-6-17/h3-4,9,17H,2,5-8H2,1H3,(H2,15,16,18). The smallest absolute Gasteiger partial charge is 0.319 e. The van der Waals surface area contributed by atoms with Crippen LogP contribution in [0.15, 0.2) is 22.7 Å². The predicted molar refractivity (Wildman–Crippen MR) is 84.9 cm³/mol. The van der Waals surface area contributed by atoms with Crippen LogP contribution in [0, 0.1) is 6.92 Å². The summed E-state index contributed by atoms with van der Waals surface area (Å²) in [6.45, 7) is 2.80. The number of hydrogen-bond acceptors (Lipinski definition) is 3. The Morgan fingerprint density at radius 3 is 2.95 bits per heavy atom. The van der Waals surface area contributed by atoms with Crippen molar-refractivity contribution in [1.82, 2.24) is 5.32 Å². The van der Waals surface area contributed by atoms with E-state index in [1.54, 1.807) is 11.8 Å². The van der Waals surface area contributed by atoms with Crippen molar-refractivity contribution in [1.29, 1.82) is 0 Å². The van der Waals surface area contributed by atoms with Crippen LogP contribution in [0.2, 0.25) is 0 Å². The molecule has 19 heavy (non-hydrogen) atoms. The molecule has 4 nitrogen and oxygen atoms in total. The van der Waals surface area contributed by atoms with Crippen molar-refractivity contribution in [2.75, 3.05) is 30.0 Å². The molecule has 2 amide bonds. The molecule has 1 rings (SSSR count). The van der Waals surface area contributed by atoms with Gasteiger partial charge in [0, 0.05) is 29.1 Å². The van der Waals surface area contributed by atoms with Gasteiger partial charge in [0.05, 0.1) is 0 Å². The third-order valence-electron chi connectivity index (χ3n) is 2.43. The number of amides is 2. The maximum absolute atomic E-state index is 11.7. The summed E-state index contributed by atoms with van der Waals surface area (Å²) in [6.07, 6.45) is 0.800. The molecule has 0 heterocycles. The van der Waals surface area contributed by atoms with Gasteiger partial charge in [-0.1, -0.05) is 22.0 Å². The van der Waals surface area contributed by atoms with Gasteiger partial charge in [0.25, 0.3) is 0 Å². The Bertz CT molecular complexity index is 416. The normalized spacial score (nSPS) is 10.3. The molecule has 0 aliphatic heterocycles. The fourth-order valence-electron chi connectivity index (χ4n) is 1.40. The summed E-state index contributed by atoms with van der Waals surface area (Å²) in [5.41, 5.74) is 1.83. The number of hydrogen-bond donors (Lipinski definition) is 3. The Hall–Kier alpha value is -0.720. The van der Waals surface area contributed by atoms with Crippen LogP contribution >= 0.6 is 27.7 Å². The molecule has 0 unspecified atom stereocenters. The summed E-state index contributed by atoms with van der Waals surface area (Å²) < 4.78 is 0.938. The highest BCUT2D eigenvalue weighted by molar-refractivity contribution is 9.10. The van der Waals surface area contributed by atoms with Gasteiger partial charge in [0.1, 0.15) is 0 Å². The van der Waals surface area contributed by atoms with Crippen molar-refractivity contribution >= 4 is 39.4 Å². The van der Waals surface area contributed by atoms with Crippen LogP contribution in [0.3, 0.4) is 0 Å². The number of carbonyl (C=O) groups excluding carboxylic acids is 1. The molecule has 1 aromatic rings. The first-order valence-corrected chi connectivity index (χ1v) is 8.08. The lowest BCUT2D eigenvalue weighted by atomic mass is 10.2. The predicted octanol–water partition coefficient (Wildman–Crippen LogP) is 2.99. The van der Waals surface area contributed by atoms with E-state index in [4.69, 9.17) is 5.11 Å². The molecule has 0 aliphatic rings. The van der Waals surface area contributed by atoms with Crippen LogP contribution in [0.5, 0.6) is 0 Å². The quantitative estimate of drug-likeness (QED) is 0.665. The van der Waals surface area contributed by atoms with Gasteiger partial charge in [-0.3, -0.25) is 0 Å². The summed E-state index contributed by atoms with van der Waals surface area (Å²) in [5, 5.41) is 14.3. The Balaban J connectivity index is 2.25. The largest absolute Gasteiger partial charge is 0.396 e. The van der Waals surface area contributed by atoms with Crippen LogP contribution in [-0.4, -0.2) is 35.8 Å². The van der Waals surface area contributed by atoms with Crippen LogP contribution in [0.4, 0.5) is 10.5 Å². The SMILES string of the molecule is Cc1ccc(Br)cc1NC(=O)NCCSCCCO. The number of rotatable bonds is 7. The lowest BCUT2D eigenvalue weighted by molar-refractivity contribution is 0.252. The lowest BCUT2D eigenvalue weighted by Crippen LogP contribution is -2.30. The van der Waals surface area contributed by atoms with Crippen LogP contribution in [0.1, 0.15) is 12.0 Å². The highest BCUT2D eigenvalue weighted by atomic mass is 79.9. The molecule has 6 heteroatoms. The molecule has 0 saturated heterocycles. The molecule has 0 atom stereocenters. The molecule has 1 aromatic carbocycles. The van der Waals surface area contributed by atoms with Crippen molar-refractivity contribution in [3.05, 3.63) is 28.2 Å². The Labute approximate surface area is 126 Å². The number of aliphatic hydroxyl groups excluding tert-OH is 1. The second kappa shape index (κ2) is 9.23. The fraction of sp³-hybridized carbons (Fsp3) is 0.462. The first-order valence-electron chi connectivity index (χ1n) is 6.13. The van der Waals surface area contributed by atoms with E-state index in [9.17, 15) is 4.79 Å². The number of aryl methyl sites for hydroxylation is 1. The van der Waals surface area contributed by atoms with Gasteiger partial charge < -0.3 is 15.7 Å². The summed E-state index contributed by atoms with van der Waals surface area (Å²) in [4.78, 5) is 11.7. The van der Waals surface area contributed by atoms with E-state index >= 15 is 0 Å². The van der Waals surface area contributed by atoms with Gasteiger partial charge in [-0.05, 0) is 36.8 Å². The van der Waals surface area contributed by atoms with Gasteiger partial charge in [0.2, 0.25) is 0 Å². The summed E-state index contributed by atoms with van der Waals surface area (Å²) in [5.74, 6) is 1.77. The maximum atomic E-state index is 11.7. The third-order valence-corrected chi connectivity index (χ3v) is 3.99. The molecule has 3 N–H and O–H groups in total. The zero-order valence-electron chi connectivity index (χ0n) is 10.9. The van der Waals surface area contributed by atoms with Gasteiger partial charge in [-0.15, -0.1) is 0 Å². The highest BCUT2D eigenvalue weighted by Crippen LogP contribution is 2.20. The minimum atomic E-state index is -0.191.